The lowest BCUT2D eigenvalue weighted by Crippen LogP contribution is -2.10. The molecule has 1 atom stereocenters. The van der Waals surface area contributed by atoms with Gasteiger partial charge in [0.2, 0.25) is 0 Å². The van der Waals surface area contributed by atoms with Crippen LogP contribution in [0.2, 0.25) is 0 Å². The third-order valence-corrected chi connectivity index (χ3v) is 1.85. The van der Waals surface area contributed by atoms with E-state index >= 15 is 0 Å². The molecule has 0 N–H and O–H groups in total. The van der Waals surface area contributed by atoms with Gasteiger partial charge in [-0.15, -0.1) is 0 Å². The summed E-state index contributed by atoms with van der Waals surface area (Å²) in [6.45, 7) is 0. The first-order chi connectivity index (χ1) is 4.43. The van der Waals surface area contributed by atoms with E-state index in [-0.39, 0.29) is 6.23 Å². The Labute approximate surface area is 57.4 Å². The molecule has 0 amide bonds. The molecule has 0 aromatic rings. The topological polar surface area (TPSA) is 58.0 Å². The summed E-state index contributed by atoms with van der Waals surface area (Å²) in [4.78, 5) is 2.65. The number of nitrogens with zero attached hydrogens (tertiary/aromatic N) is 3. The molecule has 1 rings (SSSR count). The lowest BCUT2D eigenvalue weighted by atomic mass is 10.3. The zero-order chi connectivity index (χ0) is 6.53. The highest BCUT2D eigenvalue weighted by Crippen LogP contribution is 2.21. The van der Waals surface area contributed by atoms with Crippen molar-refractivity contribution in [3.63, 3.8) is 0 Å². The molecule has 0 aromatic heterocycles. The van der Waals surface area contributed by atoms with Gasteiger partial charge in [0.25, 0.3) is 0 Å². The van der Waals surface area contributed by atoms with Gasteiger partial charge in [-0.2, -0.15) is 0 Å². The predicted octanol–water partition coefficient (Wildman–Crippen LogP) is 2.08. The van der Waals surface area contributed by atoms with Crippen LogP contribution in [0, 0.1) is 0 Å². The van der Waals surface area contributed by atoms with E-state index in [0.717, 1.165) is 18.6 Å². The molecule has 1 aliphatic rings. The summed E-state index contributed by atoms with van der Waals surface area (Å²) in [5.74, 6) is 1.01. The maximum atomic E-state index is 7.99. The van der Waals surface area contributed by atoms with Crippen molar-refractivity contribution < 1.29 is 4.18 Å². The highest BCUT2D eigenvalue weighted by molar-refractivity contribution is 7.94. The summed E-state index contributed by atoms with van der Waals surface area (Å²) >= 11 is 1.38. The van der Waals surface area contributed by atoms with Crippen molar-refractivity contribution >= 4 is 12.0 Å². The van der Waals surface area contributed by atoms with Crippen LogP contribution < -0.4 is 0 Å². The van der Waals surface area contributed by atoms with Gasteiger partial charge in [0.15, 0.2) is 6.23 Å². The van der Waals surface area contributed by atoms with Crippen molar-refractivity contribution in [3.05, 3.63) is 10.4 Å². The molecule has 0 radical (unpaired) electrons. The van der Waals surface area contributed by atoms with E-state index in [9.17, 15) is 0 Å². The van der Waals surface area contributed by atoms with Crippen LogP contribution >= 0.6 is 12.0 Å². The van der Waals surface area contributed by atoms with Gasteiger partial charge in [0.1, 0.15) is 0 Å². The average molecular weight is 145 g/mol. The second kappa shape index (κ2) is 3.61. The standard InChI is InChI=1S/C4H7N3OS/c5-7-6-4-2-1-3-9-8-4/h4H,1-3H2. The molecule has 1 heterocycles. The van der Waals surface area contributed by atoms with E-state index in [1.54, 1.807) is 0 Å². The highest BCUT2D eigenvalue weighted by Gasteiger charge is 2.11. The van der Waals surface area contributed by atoms with Crippen LogP contribution in [-0.2, 0) is 4.18 Å². The molecular weight excluding hydrogens is 138 g/mol. The van der Waals surface area contributed by atoms with E-state index < -0.39 is 0 Å². The van der Waals surface area contributed by atoms with E-state index in [4.69, 9.17) is 9.71 Å². The average Bonchev–Trinajstić information content (AvgIpc) is 1.91. The molecule has 0 aliphatic carbocycles. The largest absolute Gasteiger partial charge is 0.306 e. The molecule has 1 aliphatic heterocycles. The molecule has 0 spiro atoms. The number of hydrogen-bond acceptors (Lipinski definition) is 3. The Kier molecular flexibility index (Phi) is 2.70. The summed E-state index contributed by atoms with van der Waals surface area (Å²) in [6.07, 6.45) is 1.71. The van der Waals surface area contributed by atoms with E-state index in [1.807, 2.05) is 0 Å². The second-order valence-corrected chi connectivity index (χ2v) is 2.56. The van der Waals surface area contributed by atoms with Gasteiger partial charge in [-0.05, 0) is 30.4 Å². The molecule has 1 unspecified atom stereocenters. The van der Waals surface area contributed by atoms with Gasteiger partial charge < -0.3 is 4.18 Å². The third-order valence-electron chi connectivity index (χ3n) is 1.04. The predicted molar refractivity (Wildman–Crippen MR) is 35.7 cm³/mol. The summed E-state index contributed by atoms with van der Waals surface area (Å²) in [5, 5.41) is 3.42. The fourth-order valence-electron chi connectivity index (χ4n) is 0.626. The van der Waals surface area contributed by atoms with Crippen LogP contribution in [0.5, 0.6) is 0 Å². The van der Waals surface area contributed by atoms with Crippen LogP contribution in [0.15, 0.2) is 5.11 Å². The molecule has 9 heavy (non-hydrogen) atoms. The maximum Gasteiger partial charge on any atom is 0.151 e. The van der Waals surface area contributed by atoms with Crippen LogP contribution in [-0.4, -0.2) is 12.0 Å². The molecule has 1 fully saturated rings. The summed E-state index contributed by atoms with van der Waals surface area (Å²) < 4.78 is 5.01. The van der Waals surface area contributed by atoms with Crippen molar-refractivity contribution in [2.24, 2.45) is 5.11 Å². The van der Waals surface area contributed by atoms with Gasteiger partial charge in [-0.25, -0.2) is 0 Å². The van der Waals surface area contributed by atoms with E-state index in [2.05, 4.69) is 10.0 Å². The fourth-order valence-corrected chi connectivity index (χ4v) is 1.30. The van der Waals surface area contributed by atoms with Gasteiger partial charge in [-0.3, -0.25) is 0 Å². The summed E-state index contributed by atoms with van der Waals surface area (Å²) in [6, 6.07) is 0. The molecule has 5 heteroatoms. The smallest absolute Gasteiger partial charge is 0.151 e. The van der Waals surface area contributed by atoms with Crippen LogP contribution in [0.1, 0.15) is 12.8 Å². The monoisotopic (exact) mass is 145 g/mol. The number of rotatable bonds is 1. The van der Waals surface area contributed by atoms with Gasteiger partial charge in [0.05, 0.1) is 0 Å². The lowest BCUT2D eigenvalue weighted by Gasteiger charge is -2.15. The fraction of sp³-hybridized carbons (Fsp3) is 1.00. The van der Waals surface area contributed by atoms with Crippen molar-refractivity contribution in [1.29, 1.82) is 0 Å². The Morgan fingerprint density at radius 3 is 3.22 bits per heavy atom. The highest BCUT2D eigenvalue weighted by atomic mass is 32.2. The molecule has 0 aromatic carbocycles. The zero-order valence-electron chi connectivity index (χ0n) is 4.86. The minimum Gasteiger partial charge on any atom is -0.306 e. The van der Waals surface area contributed by atoms with Gasteiger partial charge >= 0.3 is 0 Å². The third kappa shape index (κ3) is 2.13. The SMILES string of the molecule is [N-]=[N+]=NC1CCCSO1. The molecule has 4 nitrogen and oxygen atoms in total. The quantitative estimate of drug-likeness (QED) is 0.245. The van der Waals surface area contributed by atoms with Crippen molar-refractivity contribution in [3.8, 4) is 0 Å². The maximum absolute atomic E-state index is 7.99. The Morgan fingerprint density at radius 2 is 2.67 bits per heavy atom. The normalized spacial score (nSPS) is 26.9. The van der Waals surface area contributed by atoms with Crippen molar-refractivity contribution in [2.45, 2.75) is 19.1 Å². The first-order valence-corrected chi connectivity index (χ1v) is 3.67. The lowest BCUT2D eigenvalue weighted by molar-refractivity contribution is 0.223. The van der Waals surface area contributed by atoms with Crippen molar-refractivity contribution in [1.82, 2.24) is 0 Å². The molecule has 0 saturated carbocycles. The van der Waals surface area contributed by atoms with E-state index in [1.165, 1.54) is 12.0 Å². The van der Waals surface area contributed by atoms with Gasteiger partial charge in [-0.1, -0.05) is 5.11 Å². The van der Waals surface area contributed by atoms with Gasteiger partial charge in [0, 0.05) is 10.7 Å². The van der Waals surface area contributed by atoms with Crippen LogP contribution in [0.4, 0.5) is 0 Å². The Bertz CT molecular complexity index is 128. The first-order valence-electron chi connectivity index (χ1n) is 2.76. The molecule has 0 bridgehead atoms. The van der Waals surface area contributed by atoms with E-state index in [0.29, 0.717) is 0 Å². The van der Waals surface area contributed by atoms with Crippen LogP contribution in [0.25, 0.3) is 10.4 Å². The summed E-state index contributed by atoms with van der Waals surface area (Å²) in [5.41, 5.74) is 7.99. The zero-order valence-corrected chi connectivity index (χ0v) is 5.67. The molecular formula is C4H7N3OS. The first kappa shape index (κ1) is 6.74. The molecule has 50 valence electrons. The second-order valence-electron chi connectivity index (χ2n) is 1.72. The Hall–Kier alpha value is -0.380. The minimum atomic E-state index is -0.228. The van der Waals surface area contributed by atoms with Crippen LogP contribution in [0.3, 0.4) is 0 Å². The Balaban J connectivity index is 2.31. The Morgan fingerprint density at radius 1 is 1.78 bits per heavy atom. The molecule has 1 saturated heterocycles. The van der Waals surface area contributed by atoms with Crippen molar-refractivity contribution in [2.75, 3.05) is 5.75 Å². The minimum absolute atomic E-state index is 0.228. The number of azide groups is 1. The summed E-state index contributed by atoms with van der Waals surface area (Å²) in [7, 11) is 0. The number of hydrogen-bond donors (Lipinski definition) is 0.